The van der Waals surface area contributed by atoms with E-state index in [-0.39, 0.29) is 12.5 Å². The number of aromatic nitrogens is 2. The van der Waals surface area contributed by atoms with E-state index in [0.717, 1.165) is 22.8 Å². The number of aryl methyl sites for hydroxylation is 1. The summed E-state index contributed by atoms with van der Waals surface area (Å²) in [4.78, 5) is 11.9. The van der Waals surface area contributed by atoms with Crippen molar-refractivity contribution in [3.8, 4) is 5.75 Å². The van der Waals surface area contributed by atoms with Crippen molar-refractivity contribution in [1.29, 1.82) is 0 Å². The minimum Gasteiger partial charge on any atom is -0.484 e. The Morgan fingerprint density at radius 1 is 1.04 bits per heavy atom. The minimum absolute atomic E-state index is 0.0769. The van der Waals surface area contributed by atoms with Crippen LogP contribution in [-0.4, -0.2) is 22.7 Å². The fraction of sp³-hybridized carbons (Fsp3) is 0.167. The highest BCUT2D eigenvalue weighted by Gasteiger charge is 2.08. The van der Waals surface area contributed by atoms with Gasteiger partial charge in [0.25, 0.3) is 5.91 Å². The predicted molar refractivity (Wildman–Crippen MR) is 99.6 cm³/mol. The lowest BCUT2D eigenvalue weighted by atomic mass is 10.2. The van der Waals surface area contributed by atoms with Gasteiger partial charge >= 0.3 is 0 Å². The lowest BCUT2D eigenvalue weighted by molar-refractivity contribution is -0.118. The van der Waals surface area contributed by atoms with Crippen molar-refractivity contribution in [3.05, 3.63) is 59.6 Å². The second-order valence-electron chi connectivity index (χ2n) is 5.21. The topological polar surface area (TPSA) is 76.1 Å². The number of ether oxygens (including phenoxy) is 1. The van der Waals surface area contributed by atoms with Gasteiger partial charge in [0.1, 0.15) is 10.8 Å². The molecule has 0 aliphatic heterocycles. The molecule has 3 rings (SSSR count). The van der Waals surface area contributed by atoms with Crippen LogP contribution in [0.1, 0.15) is 11.9 Å². The zero-order valence-corrected chi connectivity index (χ0v) is 14.5. The van der Waals surface area contributed by atoms with Crippen LogP contribution in [0.2, 0.25) is 0 Å². The summed E-state index contributed by atoms with van der Waals surface area (Å²) < 4.78 is 5.49. The van der Waals surface area contributed by atoms with Gasteiger partial charge in [-0.15, -0.1) is 10.2 Å². The third kappa shape index (κ3) is 5.02. The Labute approximate surface area is 149 Å². The molecule has 128 valence electrons. The number of rotatable bonds is 7. The number of benzene rings is 2. The van der Waals surface area contributed by atoms with Crippen molar-refractivity contribution in [2.24, 2.45) is 0 Å². The first-order chi connectivity index (χ1) is 12.2. The first-order valence-electron chi connectivity index (χ1n) is 7.90. The Balaban J connectivity index is 1.48. The lowest BCUT2D eigenvalue weighted by Crippen LogP contribution is -2.20. The Kier molecular flexibility index (Phi) is 5.58. The number of hydrogen-bond acceptors (Lipinski definition) is 6. The molecule has 25 heavy (non-hydrogen) atoms. The Bertz CT molecular complexity index is 819. The van der Waals surface area contributed by atoms with Crippen molar-refractivity contribution >= 4 is 33.8 Å². The summed E-state index contributed by atoms with van der Waals surface area (Å²) in [7, 11) is 0. The number of carbonyl (C=O) groups is 1. The van der Waals surface area contributed by atoms with Gasteiger partial charge in [0.2, 0.25) is 5.13 Å². The predicted octanol–water partition coefficient (Wildman–Crippen LogP) is 3.86. The molecule has 1 aromatic heterocycles. The summed E-state index contributed by atoms with van der Waals surface area (Å²) >= 11 is 1.37. The van der Waals surface area contributed by atoms with E-state index in [0.29, 0.717) is 10.9 Å². The van der Waals surface area contributed by atoms with Crippen LogP contribution in [0, 0.1) is 0 Å². The molecule has 0 aliphatic rings. The van der Waals surface area contributed by atoms with E-state index in [1.165, 1.54) is 11.3 Å². The highest BCUT2D eigenvalue weighted by atomic mass is 32.1. The highest BCUT2D eigenvalue weighted by molar-refractivity contribution is 7.15. The fourth-order valence-corrected chi connectivity index (χ4v) is 2.77. The van der Waals surface area contributed by atoms with Gasteiger partial charge in [-0.1, -0.05) is 36.5 Å². The average molecular weight is 354 g/mol. The molecule has 6 nitrogen and oxygen atoms in total. The summed E-state index contributed by atoms with van der Waals surface area (Å²) in [5.74, 6) is 0.366. The molecule has 2 aromatic carbocycles. The smallest absolute Gasteiger partial charge is 0.264 e. The van der Waals surface area contributed by atoms with Crippen LogP contribution >= 0.6 is 11.3 Å². The molecule has 0 atom stereocenters. The summed E-state index contributed by atoms with van der Waals surface area (Å²) in [5.41, 5.74) is 1.96. The van der Waals surface area contributed by atoms with E-state index < -0.39 is 0 Å². The fourth-order valence-electron chi connectivity index (χ4n) is 2.07. The van der Waals surface area contributed by atoms with Crippen molar-refractivity contribution in [2.45, 2.75) is 13.3 Å². The van der Waals surface area contributed by atoms with Crippen LogP contribution in [0.4, 0.5) is 16.5 Å². The molecule has 0 radical (unpaired) electrons. The SMILES string of the molecule is CCc1nnc(NC(=O)COc2ccc(Nc3ccccc3)cc2)s1. The molecule has 1 heterocycles. The number of para-hydroxylation sites is 1. The van der Waals surface area contributed by atoms with Crippen LogP contribution in [-0.2, 0) is 11.2 Å². The molecule has 7 heteroatoms. The van der Waals surface area contributed by atoms with Gasteiger partial charge in [-0.2, -0.15) is 0 Å². The molecule has 0 unspecified atom stereocenters. The van der Waals surface area contributed by atoms with Gasteiger partial charge in [-0.3, -0.25) is 10.1 Å². The maximum Gasteiger partial charge on any atom is 0.264 e. The molecule has 0 saturated carbocycles. The number of anilines is 3. The van der Waals surface area contributed by atoms with E-state index in [2.05, 4.69) is 20.8 Å². The molecule has 1 amide bonds. The zero-order valence-electron chi connectivity index (χ0n) is 13.7. The third-order valence-electron chi connectivity index (χ3n) is 3.30. The summed E-state index contributed by atoms with van der Waals surface area (Å²) in [6, 6.07) is 17.3. The van der Waals surface area contributed by atoms with Crippen LogP contribution < -0.4 is 15.4 Å². The molecule has 0 aliphatic carbocycles. The second-order valence-corrected chi connectivity index (χ2v) is 6.27. The first kappa shape index (κ1) is 16.9. The summed E-state index contributed by atoms with van der Waals surface area (Å²) in [5, 5.41) is 15.2. The molecular formula is C18H18N4O2S. The zero-order chi connectivity index (χ0) is 17.5. The molecule has 0 saturated heterocycles. The average Bonchev–Trinajstić information content (AvgIpc) is 3.09. The van der Waals surface area contributed by atoms with E-state index >= 15 is 0 Å². The van der Waals surface area contributed by atoms with Gasteiger partial charge in [-0.25, -0.2) is 0 Å². The van der Waals surface area contributed by atoms with Crippen molar-refractivity contribution < 1.29 is 9.53 Å². The Hall–Kier alpha value is -2.93. The maximum absolute atomic E-state index is 11.9. The van der Waals surface area contributed by atoms with Gasteiger partial charge in [-0.05, 0) is 42.8 Å². The number of nitrogens with zero attached hydrogens (tertiary/aromatic N) is 2. The monoisotopic (exact) mass is 354 g/mol. The minimum atomic E-state index is -0.259. The van der Waals surface area contributed by atoms with Crippen molar-refractivity contribution in [2.75, 3.05) is 17.2 Å². The van der Waals surface area contributed by atoms with Crippen LogP contribution in [0.15, 0.2) is 54.6 Å². The Morgan fingerprint density at radius 2 is 1.76 bits per heavy atom. The quantitative estimate of drug-likeness (QED) is 0.674. The number of amides is 1. The first-order valence-corrected chi connectivity index (χ1v) is 8.72. The standard InChI is InChI=1S/C18H18N4O2S/c1-2-17-21-22-18(25-17)20-16(23)12-24-15-10-8-14(9-11-15)19-13-6-4-3-5-7-13/h3-11,19H,2,12H2,1H3,(H,20,22,23). The normalized spacial score (nSPS) is 10.3. The number of hydrogen-bond donors (Lipinski definition) is 2. The van der Waals surface area contributed by atoms with Crippen molar-refractivity contribution in [1.82, 2.24) is 10.2 Å². The van der Waals surface area contributed by atoms with E-state index in [1.807, 2.05) is 61.5 Å². The number of carbonyl (C=O) groups excluding carboxylic acids is 1. The largest absolute Gasteiger partial charge is 0.484 e. The van der Waals surface area contributed by atoms with Crippen LogP contribution in [0.3, 0.4) is 0 Å². The molecule has 2 N–H and O–H groups in total. The third-order valence-corrected chi connectivity index (χ3v) is 4.29. The van der Waals surface area contributed by atoms with Gasteiger partial charge in [0.15, 0.2) is 6.61 Å². The maximum atomic E-state index is 11.9. The van der Waals surface area contributed by atoms with E-state index in [1.54, 1.807) is 0 Å². The number of nitrogens with one attached hydrogen (secondary N) is 2. The second kappa shape index (κ2) is 8.25. The van der Waals surface area contributed by atoms with Gasteiger partial charge in [0.05, 0.1) is 0 Å². The van der Waals surface area contributed by atoms with Crippen LogP contribution in [0.25, 0.3) is 0 Å². The Morgan fingerprint density at radius 3 is 2.44 bits per heavy atom. The molecular weight excluding hydrogens is 336 g/mol. The van der Waals surface area contributed by atoms with Crippen LogP contribution in [0.5, 0.6) is 5.75 Å². The molecule has 3 aromatic rings. The van der Waals surface area contributed by atoms with E-state index in [9.17, 15) is 4.79 Å². The van der Waals surface area contributed by atoms with Gasteiger partial charge < -0.3 is 10.1 Å². The lowest BCUT2D eigenvalue weighted by Gasteiger charge is -2.08. The summed E-state index contributed by atoms with van der Waals surface area (Å²) in [6.07, 6.45) is 0.799. The van der Waals surface area contributed by atoms with Crippen molar-refractivity contribution in [3.63, 3.8) is 0 Å². The molecule has 0 fully saturated rings. The highest BCUT2D eigenvalue weighted by Crippen LogP contribution is 2.20. The summed E-state index contributed by atoms with van der Waals surface area (Å²) in [6.45, 7) is 1.91. The van der Waals surface area contributed by atoms with Gasteiger partial charge in [0, 0.05) is 11.4 Å². The van der Waals surface area contributed by atoms with E-state index in [4.69, 9.17) is 4.74 Å². The molecule has 0 spiro atoms. The molecule has 0 bridgehead atoms.